The highest BCUT2D eigenvalue weighted by Crippen LogP contribution is 2.31. The van der Waals surface area contributed by atoms with Crippen LogP contribution in [-0.2, 0) is 18.9 Å². The average molecular weight is 349 g/mol. The van der Waals surface area contributed by atoms with Crippen molar-refractivity contribution < 1.29 is 18.9 Å². The second-order valence-electron chi connectivity index (χ2n) is 5.25. The molecule has 1 heterocycles. The number of methoxy groups -OCH3 is 1. The van der Waals surface area contributed by atoms with Crippen molar-refractivity contribution in [3.8, 4) is 0 Å². The second kappa shape index (κ2) is 11.4. The van der Waals surface area contributed by atoms with E-state index in [0.29, 0.717) is 11.0 Å². The summed E-state index contributed by atoms with van der Waals surface area (Å²) >= 11 is 6.57. The van der Waals surface area contributed by atoms with Crippen LogP contribution in [-0.4, -0.2) is 49.0 Å². The molecule has 0 N–H and O–H groups in total. The summed E-state index contributed by atoms with van der Waals surface area (Å²) in [5.41, 5.74) is 0. The van der Waals surface area contributed by atoms with Crippen LogP contribution in [0.5, 0.6) is 0 Å². The van der Waals surface area contributed by atoms with Gasteiger partial charge in [0.25, 0.3) is 0 Å². The Labute approximate surface area is 143 Å². The quantitative estimate of drug-likeness (QED) is 0.338. The van der Waals surface area contributed by atoms with E-state index in [1.165, 1.54) is 31.0 Å². The van der Waals surface area contributed by atoms with E-state index in [9.17, 15) is 0 Å². The van der Waals surface area contributed by atoms with Crippen molar-refractivity contribution in [3.05, 3.63) is 12.7 Å². The Bertz CT molecular complexity index is 338. The lowest BCUT2D eigenvalue weighted by Gasteiger charge is -2.24. The molecule has 1 aliphatic heterocycles. The first-order chi connectivity index (χ1) is 10.7. The molecule has 1 aliphatic rings. The van der Waals surface area contributed by atoms with Gasteiger partial charge in [-0.1, -0.05) is 50.4 Å². The monoisotopic (exact) mass is 348 g/mol. The predicted octanol–water partition coefficient (Wildman–Crippen LogP) is 3.93. The number of hydrogen-bond donors (Lipinski definition) is 0. The lowest BCUT2D eigenvalue weighted by atomic mass is 10.0. The number of unbranched alkanes of at least 4 members (excludes halogenated alkanes) is 3. The molecule has 0 saturated carbocycles. The third-order valence-electron chi connectivity index (χ3n) is 3.65. The van der Waals surface area contributed by atoms with Gasteiger partial charge in [0.05, 0.1) is 12.7 Å². The molecule has 0 aromatic carbocycles. The first kappa shape index (κ1) is 19.9. The lowest BCUT2D eigenvalue weighted by molar-refractivity contribution is -0.145. The molecule has 128 valence electrons. The maximum atomic E-state index is 5.98. The van der Waals surface area contributed by atoms with Gasteiger partial charge in [0.15, 0.2) is 12.4 Å². The van der Waals surface area contributed by atoms with Crippen LogP contribution in [0.2, 0.25) is 0 Å². The lowest BCUT2D eigenvalue weighted by Crippen LogP contribution is -2.39. The van der Waals surface area contributed by atoms with E-state index in [1.807, 2.05) is 6.26 Å². The van der Waals surface area contributed by atoms with Crippen molar-refractivity contribution in [1.82, 2.24) is 0 Å². The van der Waals surface area contributed by atoms with Crippen LogP contribution in [0.3, 0.4) is 0 Å². The van der Waals surface area contributed by atoms with Gasteiger partial charge < -0.3 is 18.9 Å². The van der Waals surface area contributed by atoms with Gasteiger partial charge in [-0.05, 0) is 24.9 Å². The molecule has 1 saturated heterocycles. The fourth-order valence-corrected chi connectivity index (χ4v) is 2.87. The zero-order valence-corrected chi connectivity index (χ0v) is 15.4. The molecule has 0 spiro atoms. The number of hydrogen-bond acceptors (Lipinski definition) is 6. The van der Waals surface area contributed by atoms with Gasteiger partial charge in [-0.15, -0.1) is 6.58 Å². The van der Waals surface area contributed by atoms with Crippen LogP contribution in [0.25, 0.3) is 0 Å². The van der Waals surface area contributed by atoms with E-state index in [-0.39, 0.29) is 18.3 Å². The molecule has 0 amide bonds. The molecular weight excluding hydrogens is 320 g/mol. The largest absolute Gasteiger partial charge is 0.467 e. The van der Waals surface area contributed by atoms with Gasteiger partial charge in [-0.3, -0.25) is 0 Å². The van der Waals surface area contributed by atoms with Crippen LogP contribution >= 0.6 is 24.0 Å². The molecule has 0 bridgehead atoms. The highest BCUT2D eigenvalue weighted by Gasteiger charge is 2.47. The first-order valence-electron chi connectivity index (χ1n) is 7.83. The minimum atomic E-state index is -0.448. The SMILES string of the molecule is C=CCO[C@@H]1[C@@H](OC(=S)SC)[C@@H](OC)O[C@@H]1CCCCCC. The van der Waals surface area contributed by atoms with Gasteiger partial charge in [-0.25, -0.2) is 0 Å². The summed E-state index contributed by atoms with van der Waals surface area (Å²) < 4.78 is 23.6. The van der Waals surface area contributed by atoms with Gasteiger partial charge in [0, 0.05) is 7.11 Å². The van der Waals surface area contributed by atoms with Gasteiger partial charge in [-0.2, -0.15) is 0 Å². The van der Waals surface area contributed by atoms with E-state index in [1.54, 1.807) is 13.2 Å². The molecule has 6 heteroatoms. The summed E-state index contributed by atoms with van der Waals surface area (Å²) in [6, 6.07) is 0. The average Bonchev–Trinajstić information content (AvgIpc) is 2.86. The van der Waals surface area contributed by atoms with E-state index < -0.39 is 6.29 Å². The molecule has 1 rings (SSSR count). The third kappa shape index (κ3) is 6.16. The highest BCUT2D eigenvalue weighted by molar-refractivity contribution is 8.22. The highest BCUT2D eigenvalue weighted by atomic mass is 32.2. The Hall–Kier alpha value is -0.140. The van der Waals surface area contributed by atoms with Gasteiger partial charge >= 0.3 is 0 Å². The number of ether oxygens (including phenoxy) is 4. The topological polar surface area (TPSA) is 36.9 Å². The maximum Gasteiger partial charge on any atom is 0.220 e. The number of thioether (sulfide) groups is 1. The van der Waals surface area contributed by atoms with Crippen LogP contribution in [0.4, 0.5) is 0 Å². The molecule has 0 unspecified atom stereocenters. The summed E-state index contributed by atoms with van der Waals surface area (Å²) in [7, 11) is 1.62. The van der Waals surface area contributed by atoms with Gasteiger partial charge in [0.2, 0.25) is 4.38 Å². The number of thiocarbonyl (C=S) groups is 1. The minimum absolute atomic E-state index is 0.0311. The zero-order valence-electron chi connectivity index (χ0n) is 13.8. The maximum absolute atomic E-state index is 5.98. The van der Waals surface area contributed by atoms with E-state index in [0.717, 1.165) is 12.8 Å². The van der Waals surface area contributed by atoms with E-state index in [4.69, 9.17) is 31.2 Å². The first-order valence-corrected chi connectivity index (χ1v) is 9.46. The Balaban J connectivity index is 2.68. The van der Waals surface area contributed by atoms with Crippen molar-refractivity contribution in [2.75, 3.05) is 20.0 Å². The molecule has 4 atom stereocenters. The predicted molar refractivity (Wildman–Crippen MR) is 95.4 cm³/mol. The second-order valence-corrected chi connectivity index (χ2v) is 6.66. The normalized spacial score (nSPS) is 27.8. The zero-order chi connectivity index (χ0) is 16.4. The summed E-state index contributed by atoms with van der Waals surface area (Å²) in [4.78, 5) is 0. The van der Waals surface area contributed by atoms with Crippen LogP contribution < -0.4 is 0 Å². The third-order valence-corrected chi connectivity index (χ3v) is 4.67. The Morgan fingerprint density at radius 3 is 2.68 bits per heavy atom. The smallest absolute Gasteiger partial charge is 0.220 e. The van der Waals surface area contributed by atoms with Crippen molar-refractivity contribution in [1.29, 1.82) is 0 Å². The Morgan fingerprint density at radius 2 is 2.09 bits per heavy atom. The van der Waals surface area contributed by atoms with Crippen molar-refractivity contribution in [2.45, 2.75) is 63.6 Å². The molecule has 0 aliphatic carbocycles. The summed E-state index contributed by atoms with van der Waals surface area (Å²) in [5, 5.41) is 0. The molecule has 4 nitrogen and oxygen atoms in total. The minimum Gasteiger partial charge on any atom is -0.467 e. The van der Waals surface area contributed by atoms with Crippen molar-refractivity contribution in [3.63, 3.8) is 0 Å². The van der Waals surface area contributed by atoms with Crippen LogP contribution in [0, 0.1) is 0 Å². The summed E-state index contributed by atoms with van der Waals surface area (Å²) in [5.74, 6) is 0. The summed E-state index contributed by atoms with van der Waals surface area (Å²) in [6.07, 6.45) is 8.35. The fourth-order valence-electron chi connectivity index (χ4n) is 2.55. The van der Waals surface area contributed by atoms with Gasteiger partial charge in [0.1, 0.15) is 6.10 Å². The van der Waals surface area contributed by atoms with Crippen LogP contribution in [0.1, 0.15) is 39.0 Å². The fraction of sp³-hybridized carbons (Fsp3) is 0.812. The summed E-state index contributed by atoms with van der Waals surface area (Å²) in [6.45, 7) is 6.37. The van der Waals surface area contributed by atoms with E-state index >= 15 is 0 Å². The molecular formula is C16H28O4S2. The van der Waals surface area contributed by atoms with Crippen molar-refractivity contribution >= 4 is 28.4 Å². The number of rotatable bonds is 10. The van der Waals surface area contributed by atoms with Crippen LogP contribution in [0.15, 0.2) is 12.7 Å². The Morgan fingerprint density at radius 1 is 1.32 bits per heavy atom. The van der Waals surface area contributed by atoms with Crippen molar-refractivity contribution in [2.24, 2.45) is 0 Å². The molecule has 0 radical (unpaired) electrons. The Kier molecular flexibility index (Phi) is 10.3. The molecule has 22 heavy (non-hydrogen) atoms. The molecule has 0 aromatic rings. The van der Waals surface area contributed by atoms with E-state index in [2.05, 4.69) is 13.5 Å². The molecule has 0 aromatic heterocycles. The standard InChI is InChI=1S/C16H28O4S2/c1-5-7-8-9-10-12-13(18-11-6-2)14(15(17-3)19-12)20-16(21)22-4/h6,12-15H,2,5,7-11H2,1,3-4H3/t12-,13+,14-,15+/m1/s1. The molecule has 1 fully saturated rings.